The summed E-state index contributed by atoms with van der Waals surface area (Å²) < 4.78 is 47.0. The molecule has 0 spiro atoms. The van der Waals surface area contributed by atoms with Gasteiger partial charge in [0.05, 0.1) is 11.1 Å². The SMILES string of the molecule is Cc1cc(Cl)ccc1C1(C#N)C(CC(C)(C)C)NC(C(=O)O)C1c1cccc(Cl)c1F.O=C(O)C(F)(F)F. The summed E-state index contributed by atoms with van der Waals surface area (Å²) in [6.45, 7) is 7.89. The first-order valence-electron chi connectivity index (χ1n) is 11.3. The van der Waals surface area contributed by atoms with Crippen molar-refractivity contribution in [1.82, 2.24) is 5.32 Å². The number of hydrogen-bond acceptors (Lipinski definition) is 4. The third kappa shape index (κ3) is 6.57. The molecule has 0 amide bonds. The Labute approximate surface area is 227 Å². The minimum absolute atomic E-state index is 0.111. The second kappa shape index (κ2) is 11.5. The molecule has 1 heterocycles. The Kier molecular flexibility index (Phi) is 9.47. The molecule has 206 valence electrons. The van der Waals surface area contributed by atoms with Crippen molar-refractivity contribution in [3.63, 3.8) is 0 Å². The highest BCUT2D eigenvalue weighted by Crippen LogP contribution is 2.52. The van der Waals surface area contributed by atoms with Crippen molar-refractivity contribution < 1.29 is 37.4 Å². The van der Waals surface area contributed by atoms with Gasteiger partial charge in [0.1, 0.15) is 17.3 Å². The molecule has 0 bridgehead atoms. The first-order valence-corrected chi connectivity index (χ1v) is 12.0. The zero-order valence-corrected chi connectivity index (χ0v) is 22.3. The van der Waals surface area contributed by atoms with Gasteiger partial charge in [0, 0.05) is 17.0 Å². The third-order valence-electron chi connectivity index (χ3n) is 6.21. The summed E-state index contributed by atoms with van der Waals surface area (Å²) in [5.41, 5.74) is -0.0798. The predicted molar refractivity (Wildman–Crippen MR) is 134 cm³/mol. The molecule has 6 nitrogen and oxygen atoms in total. The van der Waals surface area contributed by atoms with Crippen LogP contribution in [0, 0.1) is 29.5 Å². The molecule has 1 saturated heterocycles. The zero-order valence-electron chi connectivity index (χ0n) is 20.8. The van der Waals surface area contributed by atoms with Gasteiger partial charge in [0.15, 0.2) is 0 Å². The Balaban J connectivity index is 0.000000638. The molecule has 1 aliphatic rings. The molecule has 3 rings (SSSR count). The van der Waals surface area contributed by atoms with Gasteiger partial charge >= 0.3 is 18.1 Å². The smallest absolute Gasteiger partial charge is 0.480 e. The van der Waals surface area contributed by atoms with Crippen LogP contribution in [0.15, 0.2) is 36.4 Å². The van der Waals surface area contributed by atoms with Gasteiger partial charge in [-0.2, -0.15) is 18.4 Å². The van der Waals surface area contributed by atoms with E-state index >= 15 is 4.39 Å². The van der Waals surface area contributed by atoms with Crippen LogP contribution in [-0.4, -0.2) is 40.4 Å². The molecule has 0 aliphatic carbocycles. The van der Waals surface area contributed by atoms with Crippen LogP contribution >= 0.6 is 23.2 Å². The molecule has 1 aliphatic heterocycles. The number of nitrogens with one attached hydrogen (secondary N) is 1. The van der Waals surface area contributed by atoms with E-state index in [9.17, 15) is 28.3 Å². The van der Waals surface area contributed by atoms with Crippen molar-refractivity contribution in [3.8, 4) is 6.07 Å². The lowest BCUT2D eigenvalue weighted by atomic mass is 9.62. The molecule has 0 aromatic heterocycles. The third-order valence-corrected chi connectivity index (χ3v) is 6.74. The lowest BCUT2D eigenvalue weighted by Gasteiger charge is -2.38. The van der Waals surface area contributed by atoms with Crippen molar-refractivity contribution in [1.29, 1.82) is 5.26 Å². The van der Waals surface area contributed by atoms with Crippen LogP contribution in [0.3, 0.4) is 0 Å². The van der Waals surface area contributed by atoms with Gasteiger partial charge in [0.2, 0.25) is 0 Å². The molecule has 3 N–H and O–H groups in total. The summed E-state index contributed by atoms with van der Waals surface area (Å²) in [5, 5.41) is 31.4. The summed E-state index contributed by atoms with van der Waals surface area (Å²) in [5.74, 6) is -5.61. The van der Waals surface area contributed by atoms with Crippen LogP contribution in [0.4, 0.5) is 17.6 Å². The molecule has 0 radical (unpaired) electrons. The van der Waals surface area contributed by atoms with Crippen molar-refractivity contribution in [2.24, 2.45) is 5.41 Å². The maximum atomic E-state index is 15.2. The second-order valence-corrected chi connectivity index (χ2v) is 11.0. The van der Waals surface area contributed by atoms with Crippen LogP contribution in [-0.2, 0) is 15.0 Å². The topological polar surface area (TPSA) is 110 Å². The summed E-state index contributed by atoms with van der Waals surface area (Å²) in [7, 11) is 0. The maximum absolute atomic E-state index is 15.2. The second-order valence-electron chi connectivity index (χ2n) is 10.2. The number of aryl methyl sites for hydroxylation is 1. The van der Waals surface area contributed by atoms with E-state index in [4.69, 9.17) is 33.1 Å². The standard InChI is InChI=1S/C24H25Cl2FN2O2.C2HF3O2/c1-13-10-14(25)8-9-16(13)24(12-28)18(11-23(2,3)4)29-21(22(30)31)19(24)15-6-5-7-17(26)20(15)27;3-2(4,5)1(6)7/h5-10,18-19,21,29H,11H2,1-4H3,(H,30,31);(H,6,7). The molecule has 38 heavy (non-hydrogen) atoms. The minimum Gasteiger partial charge on any atom is -0.480 e. The van der Waals surface area contributed by atoms with Crippen molar-refractivity contribution in [3.05, 3.63) is 69.0 Å². The van der Waals surface area contributed by atoms with Gasteiger partial charge in [-0.15, -0.1) is 0 Å². The predicted octanol–water partition coefficient (Wildman–Crippen LogP) is 6.48. The van der Waals surface area contributed by atoms with E-state index in [1.807, 2.05) is 27.7 Å². The highest BCUT2D eigenvalue weighted by molar-refractivity contribution is 6.31. The van der Waals surface area contributed by atoms with Gasteiger partial charge < -0.3 is 10.2 Å². The number of rotatable bonds is 4. The highest BCUT2D eigenvalue weighted by Gasteiger charge is 2.60. The number of carbonyl (C=O) groups is 2. The van der Waals surface area contributed by atoms with Crippen molar-refractivity contribution in [2.45, 2.75) is 63.7 Å². The molecule has 4 atom stereocenters. The molecule has 1 fully saturated rings. The number of aliphatic carboxylic acids is 2. The maximum Gasteiger partial charge on any atom is 0.490 e. The van der Waals surface area contributed by atoms with Gasteiger partial charge in [-0.1, -0.05) is 62.2 Å². The lowest BCUT2D eigenvalue weighted by molar-refractivity contribution is -0.192. The number of nitrogens with zero attached hydrogens (tertiary/aromatic N) is 1. The fourth-order valence-corrected chi connectivity index (χ4v) is 5.22. The van der Waals surface area contributed by atoms with E-state index in [0.29, 0.717) is 17.0 Å². The monoisotopic (exact) mass is 576 g/mol. The van der Waals surface area contributed by atoms with Gasteiger partial charge in [-0.25, -0.2) is 9.18 Å². The van der Waals surface area contributed by atoms with E-state index in [-0.39, 0.29) is 16.0 Å². The highest BCUT2D eigenvalue weighted by atomic mass is 35.5. The number of nitriles is 1. The van der Waals surface area contributed by atoms with E-state index in [0.717, 1.165) is 5.56 Å². The van der Waals surface area contributed by atoms with Crippen LogP contribution in [0.2, 0.25) is 10.0 Å². The molecular weight excluding hydrogens is 551 g/mol. The van der Waals surface area contributed by atoms with Gasteiger partial charge in [-0.05, 0) is 53.6 Å². The quantitative estimate of drug-likeness (QED) is 0.359. The van der Waals surface area contributed by atoms with E-state index in [1.54, 1.807) is 24.3 Å². The molecule has 2 aromatic carbocycles. The largest absolute Gasteiger partial charge is 0.490 e. The van der Waals surface area contributed by atoms with Crippen LogP contribution in [0.25, 0.3) is 0 Å². The minimum atomic E-state index is -5.08. The fourth-order valence-electron chi connectivity index (χ4n) is 4.81. The Hall–Kier alpha value is -2.87. The van der Waals surface area contributed by atoms with Crippen LogP contribution < -0.4 is 5.32 Å². The van der Waals surface area contributed by atoms with E-state index in [2.05, 4.69) is 11.4 Å². The number of alkyl halides is 3. The molecule has 2 aromatic rings. The first kappa shape index (κ1) is 31.3. The van der Waals surface area contributed by atoms with E-state index < -0.39 is 47.3 Å². The lowest BCUT2D eigenvalue weighted by Crippen LogP contribution is -2.44. The number of carboxylic acids is 2. The molecular formula is C26H26Cl2F4N2O4. The number of carboxylic acid groups (broad SMARTS) is 2. The average Bonchev–Trinajstić information content (AvgIpc) is 3.08. The average molecular weight is 577 g/mol. The summed E-state index contributed by atoms with van der Waals surface area (Å²) in [6.07, 6.45) is -4.58. The molecule has 4 unspecified atom stereocenters. The number of hydrogen-bond donors (Lipinski definition) is 3. The molecule has 0 saturated carbocycles. The number of halogens is 6. The Morgan fingerprint density at radius 2 is 1.71 bits per heavy atom. The van der Waals surface area contributed by atoms with Crippen molar-refractivity contribution in [2.75, 3.05) is 0 Å². The van der Waals surface area contributed by atoms with Gasteiger partial charge in [0.25, 0.3) is 0 Å². The Morgan fingerprint density at radius 1 is 1.13 bits per heavy atom. The fraction of sp³-hybridized carbons (Fsp3) is 0.423. The number of benzene rings is 2. The Bertz CT molecular complexity index is 1260. The molecule has 12 heteroatoms. The van der Waals surface area contributed by atoms with Crippen LogP contribution in [0.5, 0.6) is 0 Å². The summed E-state index contributed by atoms with van der Waals surface area (Å²) in [4.78, 5) is 21.2. The van der Waals surface area contributed by atoms with E-state index in [1.165, 1.54) is 12.1 Å². The van der Waals surface area contributed by atoms with Gasteiger partial charge in [-0.3, -0.25) is 10.1 Å². The normalized spacial score (nSPS) is 23.2. The Morgan fingerprint density at radius 3 is 2.16 bits per heavy atom. The first-order chi connectivity index (χ1) is 17.4. The zero-order chi connectivity index (χ0) is 29.2. The summed E-state index contributed by atoms with van der Waals surface area (Å²) >= 11 is 12.2. The van der Waals surface area contributed by atoms with Crippen molar-refractivity contribution >= 4 is 35.1 Å². The van der Waals surface area contributed by atoms with Crippen LogP contribution in [0.1, 0.15) is 49.8 Å². The summed E-state index contributed by atoms with van der Waals surface area (Å²) in [6, 6.07) is 10.4.